The second-order valence-electron chi connectivity index (χ2n) is 8.19. The van der Waals surface area contributed by atoms with Crippen LogP contribution >= 0.6 is 0 Å². The Kier molecular flexibility index (Phi) is 9.61. The fourth-order valence-electron chi connectivity index (χ4n) is 3.25. The van der Waals surface area contributed by atoms with Crippen LogP contribution in [0.1, 0.15) is 30.6 Å². The number of carbonyl (C=O) groups excluding carboxylic acids is 4. The molecule has 0 aliphatic carbocycles. The summed E-state index contributed by atoms with van der Waals surface area (Å²) in [5, 5.41) is 26.1. The van der Waals surface area contributed by atoms with Gasteiger partial charge in [0.05, 0.1) is 37.8 Å². The minimum absolute atomic E-state index is 0.115. The second-order valence-corrected chi connectivity index (χ2v) is 8.19. The Morgan fingerprint density at radius 3 is 2.48 bits per heavy atom. The van der Waals surface area contributed by atoms with E-state index in [-0.39, 0.29) is 36.3 Å². The quantitative estimate of drug-likeness (QED) is 0.360. The van der Waals surface area contributed by atoms with Gasteiger partial charge in [0.1, 0.15) is 24.4 Å². The van der Waals surface area contributed by atoms with Crippen LogP contribution in [0.25, 0.3) is 0 Å². The van der Waals surface area contributed by atoms with Crippen molar-refractivity contribution in [3.8, 4) is 5.75 Å². The maximum absolute atomic E-state index is 12.9. The highest BCUT2D eigenvalue weighted by Crippen LogP contribution is 2.19. The highest BCUT2D eigenvalue weighted by Gasteiger charge is 2.31. The third kappa shape index (κ3) is 7.16. The number of carbonyl (C=O) groups is 4. The topological polar surface area (TPSA) is 157 Å². The van der Waals surface area contributed by atoms with Crippen molar-refractivity contribution in [1.29, 1.82) is 0 Å². The molecule has 0 fully saturated rings. The summed E-state index contributed by atoms with van der Waals surface area (Å²) in [5.74, 6) is -2.28. The third-order valence-corrected chi connectivity index (χ3v) is 5.24. The minimum atomic E-state index is -1.32. The predicted molar refractivity (Wildman–Crippen MR) is 118 cm³/mol. The molecule has 182 valence electrons. The van der Waals surface area contributed by atoms with Crippen molar-refractivity contribution < 1.29 is 34.1 Å². The number of para-hydroxylation sites is 1. The van der Waals surface area contributed by atoms with Gasteiger partial charge in [-0.15, -0.1) is 0 Å². The fraction of sp³-hybridized carbons (Fsp3) is 0.545. The average molecular weight is 465 g/mol. The molecule has 33 heavy (non-hydrogen) atoms. The van der Waals surface area contributed by atoms with E-state index in [1.54, 1.807) is 39.1 Å². The summed E-state index contributed by atoms with van der Waals surface area (Å²) < 4.78 is 5.72. The van der Waals surface area contributed by atoms with Crippen LogP contribution in [-0.4, -0.2) is 90.3 Å². The standard InChI is InChI=1S/C22H32N4O7/c1-13(2)19-22(32)26(3)8-9-33-17-7-5-4-6-15(17)20(30)24-16(10-18(29)25-19)21(31)23-14(11-27)12-28/h4-7,13-14,16,19,27-28H,8-12H2,1-3H3,(H,23,31)(H,24,30)(H,25,29)/t16-,19+/m0/s1. The number of hydrogen-bond donors (Lipinski definition) is 5. The van der Waals surface area contributed by atoms with Gasteiger partial charge in [-0.2, -0.15) is 0 Å². The van der Waals surface area contributed by atoms with Gasteiger partial charge in [0.25, 0.3) is 5.91 Å². The number of fused-ring (bicyclic) bond motifs is 1. The number of ether oxygens (including phenoxy) is 1. The summed E-state index contributed by atoms with van der Waals surface area (Å²) in [4.78, 5) is 52.8. The maximum atomic E-state index is 12.9. The lowest BCUT2D eigenvalue weighted by atomic mass is 10.0. The van der Waals surface area contributed by atoms with Gasteiger partial charge in [0.15, 0.2) is 0 Å². The van der Waals surface area contributed by atoms with Gasteiger partial charge in [-0.1, -0.05) is 26.0 Å². The molecule has 4 amide bonds. The largest absolute Gasteiger partial charge is 0.491 e. The molecule has 0 radical (unpaired) electrons. The normalized spacial score (nSPS) is 20.5. The molecular weight excluding hydrogens is 432 g/mol. The summed E-state index contributed by atoms with van der Waals surface area (Å²) in [6, 6.07) is 3.30. The zero-order valence-electron chi connectivity index (χ0n) is 19.0. The van der Waals surface area contributed by atoms with Crippen LogP contribution in [0, 0.1) is 5.92 Å². The summed E-state index contributed by atoms with van der Waals surface area (Å²) in [6.45, 7) is 2.87. The SMILES string of the molecule is CC(C)[C@H]1NC(=O)C[C@@H](C(=O)NC(CO)CO)NC(=O)c2ccccc2OCCN(C)C1=O. The van der Waals surface area contributed by atoms with Gasteiger partial charge in [0, 0.05) is 7.05 Å². The predicted octanol–water partition coefficient (Wildman–Crippen LogP) is -1.36. The molecule has 1 aromatic rings. The molecule has 1 aliphatic rings. The van der Waals surface area contributed by atoms with Crippen LogP contribution in [0.3, 0.4) is 0 Å². The van der Waals surface area contributed by atoms with Crippen molar-refractivity contribution in [2.24, 2.45) is 5.92 Å². The molecule has 1 aromatic carbocycles. The molecule has 0 saturated carbocycles. The molecule has 1 heterocycles. The molecule has 11 heteroatoms. The highest BCUT2D eigenvalue weighted by atomic mass is 16.5. The van der Waals surface area contributed by atoms with E-state index in [9.17, 15) is 29.4 Å². The number of likely N-dealkylation sites (N-methyl/N-ethyl adjacent to an activating group) is 1. The van der Waals surface area contributed by atoms with Crippen molar-refractivity contribution in [2.75, 3.05) is 33.4 Å². The average Bonchev–Trinajstić information content (AvgIpc) is 2.79. The zero-order chi connectivity index (χ0) is 24.5. The lowest BCUT2D eigenvalue weighted by Crippen LogP contribution is -2.55. The van der Waals surface area contributed by atoms with Crippen LogP contribution < -0.4 is 20.7 Å². The van der Waals surface area contributed by atoms with Gasteiger partial charge in [-0.25, -0.2) is 0 Å². The van der Waals surface area contributed by atoms with E-state index in [2.05, 4.69) is 16.0 Å². The fourth-order valence-corrected chi connectivity index (χ4v) is 3.25. The Bertz CT molecular complexity index is 857. The molecule has 0 aromatic heterocycles. The maximum Gasteiger partial charge on any atom is 0.255 e. The van der Waals surface area contributed by atoms with E-state index < -0.39 is 55.5 Å². The van der Waals surface area contributed by atoms with Crippen LogP contribution in [0.4, 0.5) is 0 Å². The Morgan fingerprint density at radius 1 is 1.18 bits per heavy atom. The first kappa shape index (κ1) is 26.1. The number of nitrogens with zero attached hydrogens (tertiary/aromatic N) is 1. The summed E-state index contributed by atoms with van der Waals surface area (Å²) in [5.41, 5.74) is 0.155. The number of rotatable bonds is 5. The Morgan fingerprint density at radius 2 is 1.85 bits per heavy atom. The Balaban J connectivity index is 2.39. The molecule has 0 spiro atoms. The van der Waals surface area contributed by atoms with Gasteiger partial charge in [0.2, 0.25) is 17.7 Å². The van der Waals surface area contributed by atoms with Crippen LogP contribution in [-0.2, 0) is 14.4 Å². The number of aliphatic hydroxyl groups excluding tert-OH is 2. The monoisotopic (exact) mass is 464 g/mol. The number of benzene rings is 1. The molecule has 2 rings (SSSR count). The Hall–Kier alpha value is -3.18. The Labute approximate surface area is 192 Å². The van der Waals surface area contributed by atoms with E-state index in [1.807, 2.05) is 0 Å². The number of aliphatic hydroxyl groups is 2. The molecule has 1 aliphatic heterocycles. The van der Waals surface area contributed by atoms with Crippen molar-refractivity contribution >= 4 is 23.6 Å². The molecule has 2 atom stereocenters. The molecule has 11 nitrogen and oxygen atoms in total. The zero-order valence-corrected chi connectivity index (χ0v) is 19.0. The third-order valence-electron chi connectivity index (χ3n) is 5.24. The smallest absolute Gasteiger partial charge is 0.255 e. The van der Waals surface area contributed by atoms with Gasteiger partial charge >= 0.3 is 0 Å². The van der Waals surface area contributed by atoms with Crippen LogP contribution in [0.5, 0.6) is 5.75 Å². The van der Waals surface area contributed by atoms with Crippen LogP contribution in [0.2, 0.25) is 0 Å². The molecule has 0 unspecified atom stereocenters. The molecule has 0 saturated heterocycles. The lowest BCUT2D eigenvalue weighted by Gasteiger charge is -2.28. The van der Waals surface area contributed by atoms with Gasteiger partial charge in [-0.05, 0) is 18.1 Å². The first-order valence-corrected chi connectivity index (χ1v) is 10.8. The van der Waals surface area contributed by atoms with Crippen molar-refractivity contribution in [2.45, 2.75) is 38.4 Å². The van der Waals surface area contributed by atoms with Crippen molar-refractivity contribution in [3.63, 3.8) is 0 Å². The van der Waals surface area contributed by atoms with Crippen molar-refractivity contribution in [1.82, 2.24) is 20.9 Å². The number of hydrogen-bond acceptors (Lipinski definition) is 7. The van der Waals surface area contributed by atoms with E-state index in [0.717, 1.165) is 0 Å². The number of nitrogens with one attached hydrogen (secondary N) is 3. The van der Waals surface area contributed by atoms with E-state index in [4.69, 9.17) is 4.74 Å². The van der Waals surface area contributed by atoms with E-state index >= 15 is 0 Å². The summed E-state index contributed by atoms with van der Waals surface area (Å²) in [6.07, 6.45) is -0.454. The van der Waals surface area contributed by atoms with E-state index in [1.165, 1.54) is 11.0 Å². The summed E-state index contributed by atoms with van der Waals surface area (Å²) in [7, 11) is 1.60. The first-order valence-electron chi connectivity index (χ1n) is 10.8. The second kappa shape index (κ2) is 12.2. The van der Waals surface area contributed by atoms with Crippen molar-refractivity contribution in [3.05, 3.63) is 29.8 Å². The molecular formula is C22H32N4O7. The molecule has 5 N–H and O–H groups in total. The lowest BCUT2D eigenvalue weighted by molar-refractivity contribution is -0.137. The van der Waals surface area contributed by atoms with Gasteiger partial charge in [-0.3, -0.25) is 19.2 Å². The van der Waals surface area contributed by atoms with Crippen LogP contribution in [0.15, 0.2) is 24.3 Å². The highest BCUT2D eigenvalue weighted by molar-refractivity contribution is 6.01. The van der Waals surface area contributed by atoms with E-state index in [0.29, 0.717) is 0 Å². The number of amides is 4. The first-order chi connectivity index (χ1) is 15.7. The summed E-state index contributed by atoms with van der Waals surface area (Å²) >= 11 is 0. The minimum Gasteiger partial charge on any atom is -0.491 e. The van der Waals surface area contributed by atoms with Gasteiger partial charge < -0.3 is 35.8 Å². The molecule has 0 bridgehead atoms.